The summed E-state index contributed by atoms with van der Waals surface area (Å²) in [5.41, 5.74) is 2.13. The summed E-state index contributed by atoms with van der Waals surface area (Å²) >= 11 is 0. The Bertz CT molecular complexity index is 943. The van der Waals surface area contributed by atoms with E-state index >= 15 is 0 Å². The van der Waals surface area contributed by atoms with Crippen LogP contribution in [-0.4, -0.2) is 64.6 Å². The minimum atomic E-state index is -5.08. The minimum absolute atomic E-state index is 0.0129. The van der Waals surface area contributed by atoms with Gasteiger partial charge in [-0.3, -0.25) is 5.10 Å². The predicted octanol–water partition coefficient (Wildman–Crippen LogP) is 3.68. The van der Waals surface area contributed by atoms with Crippen LogP contribution < -0.4 is 10.6 Å². The number of aliphatic carboxylic acids is 1. The van der Waals surface area contributed by atoms with Gasteiger partial charge in [-0.2, -0.15) is 18.3 Å². The number of carbonyl (C=O) groups is 2. The summed E-state index contributed by atoms with van der Waals surface area (Å²) in [6.45, 7) is 6.08. The molecule has 2 unspecified atom stereocenters. The fraction of sp³-hybridized carbons (Fsp3) is 0.591. The van der Waals surface area contributed by atoms with Crippen molar-refractivity contribution < 1.29 is 27.9 Å². The zero-order chi connectivity index (χ0) is 24.0. The molecule has 8 nitrogen and oxygen atoms in total. The largest absolute Gasteiger partial charge is 0.490 e. The lowest BCUT2D eigenvalue weighted by Crippen LogP contribution is -2.48. The number of H-pyrrole nitrogens is 1. The number of benzene rings is 1. The van der Waals surface area contributed by atoms with Gasteiger partial charge in [0.1, 0.15) is 0 Å². The summed E-state index contributed by atoms with van der Waals surface area (Å²) in [5, 5.41) is 21.9. The summed E-state index contributed by atoms with van der Waals surface area (Å²) < 4.78 is 31.7. The molecule has 4 N–H and O–H groups in total. The van der Waals surface area contributed by atoms with Crippen molar-refractivity contribution in [3.63, 3.8) is 0 Å². The van der Waals surface area contributed by atoms with Gasteiger partial charge in [0.05, 0.1) is 17.8 Å². The van der Waals surface area contributed by atoms with Crippen LogP contribution in [0.1, 0.15) is 44.2 Å². The second-order valence-corrected chi connectivity index (χ2v) is 8.63. The number of piperidine rings is 2. The maximum Gasteiger partial charge on any atom is 0.490 e. The van der Waals surface area contributed by atoms with E-state index in [1.165, 1.54) is 19.3 Å². The molecular weight excluding hydrogens is 439 g/mol. The van der Waals surface area contributed by atoms with Crippen LogP contribution in [0.2, 0.25) is 0 Å². The van der Waals surface area contributed by atoms with E-state index in [4.69, 9.17) is 9.90 Å². The van der Waals surface area contributed by atoms with Crippen LogP contribution in [-0.2, 0) is 4.79 Å². The molecule has 0 bridgehead atoms. The Hall–Kier alpha value is -2.82. The van der Waals surface area contributed by atoms with Gasteiger partial charge >= 0.3 is 18.2 Å². The van der Waals surface area contributed by atoms with Crippen LogP contribution >= 0.6 is 0 Å². The third-order valence-electron chi connectivity index (χ3n) is 6.34. The fourth-order valence-corrected chi connectivity index (χ4v) is 4.49. The number of alkyl halides is 3. The number of carbonyl (C=O) groups excluding carboxylic acids is 1. The van der Waals surface area contributed by atoms with Crippen LogP contribution in [0.15, 0.2) is 24.4 Å². The molecule has 2 saturated heterocycles. The maximum atomic E-state index is 12.8. The molecule has 182 valence electrons. The van der Waals surface area contributed by atoms with E-state index in [1.807, 2.05) is 24.1 Å². The van der Waals surface area contributed by atoms with Gasteiger partial charge in [0.25, 0.3) is 0 Å². The maximum absolute atomic E-state index is 12.8. The molecule has 2 aliphatic rings. The summed E-state index contributed by atoms with van der Waals surface area (Å²) in [5.74, 6) is -1.32. The van der Waals surface area contributed by atoms with Crippen LogP contribution in [0.3, 0.4) is 0 Å². The first-order valence-electron chi connectivity index (χ1n) is 11.1. The number of aromatic nitrogens is 2. The van der Waals surface area contributed by atoms with E-state index < -0.39 is 12.1 Å². The highest BCUT2D eigenvalue weighted by Gasteiger charge is 2.38. The van der Waals surface area contributed by atoms with Gasteiger partial charge in [0.2, 0.25) is 0 Å². The number of amides is 2. The average Bonchev–Trinajstić information content (AvgIpc) is 3.27. The van der Waals surface area contributed by atoms with Crippen molar-refractivity contribution in [2.75, 3.05) is 26.2 Å². The molecule has 2 atom stereocenters. The molecule has 33 heavy (non-hydrogen) atoms. The summed E-state index contributed by atoms with van der Waals surface area (Å²) in [4.78, 5) is 23.7. The van der Waals surface area contributed by atoms with Crippen molar-refractivity contribution in [2.24, 2.45) is 11.8 Å². The van der Waals surface area contributed by atoms with Gasteiger partial charge in [-0.05, 0) is 75.2 Å². The molecule has 0 saturated carbocycles. The molecule has 1 aromatic carbocycles. The van der Waals surface area contributed by atoms with Gasteiger partial charge in [0.15, 0.2) is 0 Å². The van der Waals surface area contributed by atoms with Crippen LogP contribution in [0.5, 0.6) is 0 Å². The number of nitrogens with zero attached hydrogens (tertiary/aromatic N) is 2. The first-order chi connectivity index (χ1) is 15.6. The fourth-order valence-electron chi connectivity index (χ4n) is 4.49. The highest BCUT2D eigenvalue weighted by molar-refractivity contribution is 5.79. The molecule has 0 radical (unpaired) electrons. The Morgan fingerprint density at radius 3 is 2.58 bits per heavy atom. The molecule has 2 amide bonds. The molecule has 2 aliphatic heterocycles. The van der Waals surface area contributed by atoms with E-state index in [2.05, 4.69) is 33.0 Å². The van der Waals surface area contributed by atoms with Gasteiger partial charge < -0.3 is 20.6 Å². The van der Waals surface area contributed by atoms with E-state index in [1.54, 1.807) is 0 Å². The molecule has 2 aromatic rings. The summed E-state index contributed by atoms with van der Waals surface area (Å²) in [6, 6.07) is 6.23. The topological polar surface area (TPSA) is 110 Å². The van der Waals surface area contributed by atoms with Gasteiger partial charge in [-0.15, -0.1) is 0 Å². The second-order valence-electron chi connectivity index (χ2n) is 8.63. The van der Waals surface area contributed by atoms with Crippen molar-refractivity contribution in [3.8, 4) is 0 Å². The quantitative estimate of drug-likeness (QED) is 0.548. The highest BCUT2D eigenvalue weighted by atomic mass is 19.4. The first-order valence-corrected chi connectivity index (χ1v) is 11.1. The Balaban J connectivity index is 0.000000383. The van der Waals surface area contributed by atoms with Gasteiger partial charge in [0, 0.05) is 18.5 Å². The zero-order valence-electron chi connectivity index (χ0n) is 18.5. The van der Waals surface area contributed by atoms with Crippen LogP contribution in [0.4, 0.5) is 18.0 Å². The Morgan fingerprint density at radius 2 is 1.91 bits per heavy atom. The molecule has 2 fully saturated rings. The Morgan fingerprint density at radius 1 is 1.21 bits per heavy atom. The third kappa shape index (κ3) is 6.83. The van der Waals surface area contributed by atoms with E-state index in [-0.39, 0.29) is 12.1 Å². The van der Waals surface area contributed by atoms with Crippen LogP contribution in [0.25, 0.3) is 10.9 Å². The summed E-state index contributed by atoms with van der Waals surface area (Å²) in [6.07, 6.45) is 1.63. The number of fused-ring (bicyclic) bond motifs is 1. The molecule has 4 rings (SSSR count). The zero-order valence-corrected chi connectivity index (χ0v) is 18.5. The molecular formula is C22H30F3N5O3. The Kier molecular flexibility index (Phi) is 8.17. The van der Waals surface area contributed by atoms with Crippen LogP contribution in [0, 0.1) is 11.8 Å². The number of aromatic amines is 1. The summed E-state index contributed by atoms with van der Waals surface area (Å²) in [7, 11) is 0. The van der Waals surface area contributed by atoms with Crippen molar-refractivity contribution in [3.05, 3.63) is 30.0 Å². The molecule has 11 heteroatoms. The third-order valence-corrected chi connectivity index (χ3v) is 6.34. The van der Waals surface area contributed by atoms with Crippen molar-refractivity contribution in [2.45, 2.75) is 44.8 Å². The number of urea groups is 1. The standard InChI is InChI=1S/C20H29N5O.C2HF3O2/c1-14(16-4-5-19-18(11-16)12-22-24-19)23-20(26)25-10-2-3-17(13-25)15-6-8-21-9-7-15;3-2(4,5)1(6)7/h4-5,11-12,14-15,17,21H,2-3,6-10,13H2,1H3,(H,22,24)(H,23,26);(H,6,7). The number of rotatable bonds is 3. The van der Waals surface area contributed by atoms with Crippen molar-refractivity contribution in [1.82, 2.24) is 25.7 Å². The van der Waals surface area contributed by atoms with E-state index in [0.29, 0.717) is 5.92 Å². The molecule has 1 aromatic heterocycles. The average molecular weight is 470 g/mol. The first kappa shape index (κ1) is 24.8. The number of halogens is 3. The smallest absolute Gasteiger partial charge is 0.475 e. The normalized spacial score (nSPS) is 20.6. The highest BCUT2D eigenvalue weighted by Crippen LogP contribution is 2.30. The van der Waals surface area contributed by atoms with E-state index in [0.717, 1.165) is 55.0 Å². The Labute approximate surface area is 189 Å². The van der Waals surface area contributed by atoms with Gasteiger partial charge in [-0.1, -0.05) is 6.07 Å². The van der Waals surface area contributed by atoms with E-state index in [9.17, 15) is 18.0 Å². The van der Waals surface area contributed by atoms with Gasteiger partial charge in [-0.25, -0.2) is 9.59 Å². The number of carboxylic acids is 1. The number of hydrogen-bond acceptors (Lipinski definition) is 4. The lowest BCUT2D eigenvalue weighted by atomic mass is 9.80. The lowest BCUT2D eigenvalue weighted by molar-refractivity contribution is -0.192. The monoisotopic (exact) mass is 469 g/mol. The lowest BCUT2D eigenvalue weighted by Gasteiger charge is -2.39. The molecule has 0 aliphatic carbocycles. The molecule has 3 heterocycles. The predicted molar refractivity (Wildman–Crippen MR) is 117 cm³/mol. The SMILES string of the molecule is CC(NC(=O)N1CCCC(C2CCNCC2)C1)c1ccc2[nH]ncc2c1.O=C(O)C(F)(F)F. The minimum Gasteiger partial charge on any atom is -0.475 e. The molecule has 0 spiro atoms. The van der Waals surface area contributed by atoms with Crippen molar-refractivity contribution in [1.29, 1.82) is 0 Å². The number of hydrogen-bond donors (Lipinski definition) is 4. The number of carboxylic acid groups (broad SMARTS) is 1. The second kappa shape index (κ2) is 10.9. The number of likely N-dealkylation sites (tertiary alicyclic amines) is 1. The number of nitrogens with one attached hydrogen (secondary N) is 3. The van der Waals surface area contributed by atoms with Crippen molar-refractivity contribution >= 4 is 22.9 Å².